The first-order valence-corrected chi connectivity index (χ1v) is 7.31. The highest BCUT2D eigenvalue weighted by atomic mass is 79.9. The summed E-state index contributed by atoms with van der Waals surface area (Å²) >= 11 is 15.4. The van der Waals surface area contributed by atoms with E-state index in [0.29, 0.717) is 15.7 Å². The summed E-state index contributed by atoms with van der Waals surface area (Å²) in [7, 11) is 0. The molecule has 1 unspecified atom stereocenters. The van der Waals surface area contributed by atoms with Crippen molar-refractivity contribution >= 4 is 50.7 Å². The number of hydrogen-bond donors (Lipinski definition) is 2. The zero-order valence-corrected chi connectivity index (χ0v) is 12.7. The Hall–Kier alpha value is -0.290. The average Bonchev–Trinajstić information content (AvgIpc) is 2.34. The maximum absolute atomic E-state index is 12.1. The standard InChI is InChI=1S/C12H13BrCl2N2O/c13-7-5-8(14)11(9(15)6-7)17-12(18)10-3-1-2-4-16-10/h5-6,10,16H,1-4H2,(H,17,18). The number of amides is 1. The van der Waals surface area contributed by atoms with E-state index in [1.54, 1.807) is 12.1 Å². The van der Waals surface area contributed by atoms with Crippen LogP contribution in [0.2, 0.25) is 10.0 Å². The van der Waals surface area contributed by atoms with E-state index in [2.05, 4.69) is 26.6 Å². The third-order valence-corrected chi connectivity index (χ3v) is 3.94. The van der Waals surface area contributed by atoms with E-state index >= 15 is 0 Å². The molecule has 6 heteroatoms. The molecule has 0 bridgehead atoms. The van der Waals surface area contributed by atoms with Gasteiger partial charge in [-0.25, -0.2) is 0 Å². The van der Waals surface area contributed by atoms with Crippen LogP contribution in [-0.2, 0) is 4.79 Å². The highest BCUT2D eigenvalue weighted by Gasteiger charge is 2.22. The number of halogens is 3. The van der Waals surface area contributed by atoms with Crippen LogP contribution in [0.15, 0.2) is 16.6 Å². The number of piperidine rings is 1. The number of carbonyl (C=O) groups excluding carboxylic acids is 1. The first kappa shape index (κ1) is 14.1. The Bertz CT molecular complexity index is 438. The lowest BCUT2D eigenvalue weighted by Gasteiger charge is -2.23. The van der Waals surface area contributed by atoms with Crippen LogP contribution in [-0.4, -0.2) is 18.5 Å². The van der Waals surface area contributed by atoms with Crippen LogP contribution >= 0.6 is 39.1 Å². The van der Waals surface area contributed by atoms with Gasteiger partial charge in [-0.05, 0) is 31.5 Å². The van der Waals surface area contributed by atoms with E-state index in [9.17, 15) is 4.79 Å². The first-order chi connectivity index (χ1) is 8.58. The van der Waals surface area contributed by atoms with Crippen molar-refractivity contribution in [2.24, 2.45) is 0 Å². The number of carbonyl (C=O) groups is 1. The van der Waals surface area contributed by atoms with Crippen LogP contribution in [0.1, 0.15) is 19.3 Å². The minimum absolute atomic E-state index is 0.0826. The summed E-state index contributed by atoms with van der Waals surface area (Å²) in [6, 6.07) is 3.25. The van der Waals surface area contributed by atoms with Crippen LogP contribution < -0.4 is 10.6 Å². The monoisotopic (exact) mass is 350 g/mol. The molecule has 2 N–H and O–H groups in total. The predicted molar refractivity (Wildman–Crippen MR) is 78.4 cm³/mol. The molecular formula is C12H13BrCl2N2O. The molecule has 1 fully saturated rings. The number of benzene rings is 1. The summed E-state index contributed by atoms with van der Waals surface area (Å²) in [6.07, 6.45) is 3.02. The van der Waals surface area contributed by atoms with Gasteiger partial charge in [0.1, 0.15) is 0 Å². The normalized spacial score (nSPS) is 19.6. The quantitative estimate of drug-likeness (QED) is 0.849. The third-order valence-electron chi connectivity index (χ3n) is 2.88. The fourth-order valence-electron chi connectivity index (χ4n) is 1.95. The van der Waals surface area contributed by atoms with Crippen LogP contribution in [0.4, 0.5) is 5.69 Å². The molecule has 1 saturated heterocycles. The average molecular weight is 352 g/mol. The molecule has 1 aliphatic heterocycles. The van der Waals surface area contributed by atoms with E-state index in [4.69, 9.17) is 23.2 Å². The molecule has 0 aliphatic carbocycles. The van der Waals surface area contributed by atoms with E-state index in [1.807, 2.05) is 0 Å². The first-order valence-electron chi connectivity index (χ1n) is 5.76. The molecule has 0 saturated carbocycles. The second-order valence-electron chi connectivity index (χ2n) is 4.24. The fraction of sp³-hybridized carbons (Fsp3) is 0.417. The lowest BCUT2D eigenvalue weighted by molar-refractivity contribution is -0.118. The van der Waals surface area contributed by atoms with Gasteiger partial charge < -0.3 is 10.6 Å². The number of nitrogens with one attached hydrogen (secondary N) is 2. The van der Waals surface area contributed by atoms with Crippen molar-refractivity contribution in [3.05, 3.63) is 26.7 Å². The van der Waals surface area contributed by atoms with Crippen LogP contribution in [0, 0.1) is 0 Å². The Morgan fingerprint density at radius 3 is 2.56 bits per heavy atom. The predicted octanol–water partition coefficient (Wildman–Crippen LogP) is 3.84. The molecule has 0 aromatic heterocycles. The second-order valence-corrected chi connectivity index (χ2v) is 5.97. The molecule has 1 aliphatic rings. The summed E-state index contributed by atoms with van der Waals surface area (Å²) in [6.45, 7) is 0.875. The van der Waals surface area contributed by atoms with Gasteiger partial charge in [0.2, 0.25) is 5.91 Å². The summed E-state index contributed by atoms with van der Waals surface area (Å²) in [4.78, 5) is 12.1. The lowest BCUT2D eigenvalue weighted by atomic mass is 10.0. The fourth-order valence-corrected chi connectivity index (χ4v) is 3.25. The highest BCUT2D eigenvalue weighted by molar-refractivity contribution is 9.10. The maximum Gasteiger partial charge on any atom is 0.241 e. The summed E-state index contributed by atoms with van der Waals surface area (Å²) in [5.74, 6) is -0.0826. The lowest BCUT2D eigenvalue weighted by Crippen LogP contribution is -2.43. The minimum Gasteiger partial charge on any atom is -0.322 e. The Kier molecular flexibility index (Phi) is 4.90. The molecule has 2 rings (SSSR count). The molecule has 3 nitrogen and oxygen atoms in total. The minimum atomic E-state index is -0.158. The van der Waals surface area contributed by atoms with Crippen LogP contribution in [0.25, 0.3) is 0 Å². The molecule has 98 valence electrons. The molecule has 1 atom stereocenters. The largest absolute Gasteiger partial charge is 0.322 e. The van der Waals surface area contributed by atoms with Crippen LogP contribution in [0.3, 0.4) is 0 Å². The summed E-state index contributed by atoms with van der Waals surface area (Å²) in [5, 5.41) is 6.83. The van der Waals surface area contributed by atoms with Crippen molar-refractivity contribution in [1.29, 1.82) is 0 Å². The van der Waals surface area contributed by atoms with Gasteiger partial charge in [0.25, 0.3) is 0 Å². The van der Waals surface area contributed by atoms with Crippen molar-refractivity contribution in [3.63, 3.8) is 0 Å². The van der Waals surface area contributed by atoms with Crippen molar-refractivity contribution in [1.82, 2.24) is 5.32 Å². The molecule has 1 aromatic rings. The van der Waals surface area contributed by atoms with E-state index in [-0.39, 0.29) is 11.9 Å². The zero-order valence-electron chi connectivity index (χ0n) is 9.60. The van der Waals surface area contributed by atoms with Crippen LogP contribution in [0.5, 0.6) is 0 Å². The van der Waals surface area contributed by atoms with Crippen molar-refractivity contribution < 1.29 is 4.79 Å². The van der Waals surface area contributed by atoms with Crippen molar-refractivity contribution in [2.75, 3.05) is 11.9 Å². The maximum atomic E-state index is 12.1. The SMILES string of the molecule is O=C(Nc1c(Cl)cc(Br)cc1Cl)C1CCCCN1. The van der Waals surface area contributed by atoms with Gasteiger partial charge in [0, 0.05) is 4.47 Å². The van der Waals surface area contributed by atoms with E-state index in [0.717, 1.165) is 30.3 Å². The topological polar surface area (TPSA) is 41.1 Å². The summed E-state index contributed by atoms with van der Waals surface area (Å²) < 4.78 is 0.784. The second kappa shape index (κ2) is 6.24. The Morgan fingerprint density at radius 2 is 2.00 bits per heavy atom. The van der Waals surface area contributed by atoms with Gasteiger partial charge in [0.05, 0.1) is 21.8 Å². The van der Waals surface area contributed by atoms with Gasteiger partial charge in [-0.3, -0.25) is 4.79 Å². The highest BCUT2D eigenvalue weighted by Crippen LogP contribution is 2.34. The summed E-state index contributed by atoms with van der Waals surface area (Å²) in [5.41, 5.74) is 0.471. The number of rotatable bonds is 2. The van der Waals surface area contributed by atoms with Gasteiger partial charge in [0.15, 0.2) is 0 Å². The molecule has 0 radical (unpaired) electrons. The molecule has 18 heavy (non-hydrogen) atoms. The number of anilines is 1. The smallest absolute Gasteiger partial charge is 0.241 e. The van der Waals surface area contributed by atoms with Gasteiger partial charge >= 0.3 is 0 Å². The molecule has 0 spiro atoms. The molecule has 1 heterocycles. The molecule has 1 aromatic carbocycles. The van der Waals surface area contributed by atoms with Gasteiger partial charge in [-0.15, -0.1) is 0 Å². The Balaban J connectivity index is 2.11. The van der Waals surface area contributed by atoms with Gasteiger partial charge in [-0.2, -0.15) is 0 Å². The van der Waals surface area contributed by atoms with Crippen molar-refractivity contribution in [2.45, 2.75) is 25.3 Å². The molecule has 1 amide bonds. The zero-order chi connectivity index (χ0) is 13.1. The van der Waals surface area contributed by atoms with Gasteiger partial charge in [-0.1, -0.05) is 45.6 Å². The third kappa shape index (κ3) is 3.38. The van der Waals surface area contributed by atoms with E-state index in [1.165, 1.54) is 0 Å². The Labute approximate surface area is 124 Å². The Morgan fingerprint density at radius 1 is 1.33 bits per heavy atom. The number of hydrogen-bond acceptors (Lipinski definition) is 2. The molecular weight excluding hydrogens is 339 g/mol. The van der Waals surface area contributed by atoms with Crippen molar-refractivity contribution in [3.8, 4) is 0 Å². The van der Waals surface area contributed by atoms with E-state index < -0.39 is 0 Å².